The Morgan fingerprint density at radius 1 is 1.54 bits per heavy atom. The van der Waals surface area contributed by atoms with Gasteiger partial charge in [0.15, 0.2) is 0 Å². The van der Waals surface area contributed by atoms with Gasteiger partial charge in [0.1, 0.15) is 0 Å². The minimum absolute atomic E-state index is 0.242. The zero-order valence-electron chi connectivity index (χ0n) is 8.00. The van der Waals surface area contributed by atoms with Crippen LogP contribution in [0.2, 0.25) is 0 Å². The Labute approximate surface area is 77.6 Å². The van der Waals surface area contributed by atoms with Crippen LogP contribution < -0.4 is 11.1 Å². The number of hydrogen-bond donors (Lipinski definition) is 2. The Morgan fingerprint density at radius 2 is 2.15 bits per heavy atom. The van der Waals surface area contributed by atoms with E-state index in [1.54, 1.807) is 6.92 Å². The summed E-state index contributed by atoms with van der Waals surface area (Å²) < 4.78 is 4.45. The molecule has 0 saturated carbocycles. The Hall–Kier alpha value is -1.10. The number of carbonyl (C=O) groups excluding carboxylic acids is 2. The van der Waals surface area contributed by atoms with Crippen molar-refractivity contribution in [1.82, 2.24) is 5.32 Å². The minimum Gasteiger partial charge on any atom is -0.469 e. The molecule has 1 atom stereocenters. The van der Waals surface area contributed by atoms with Gasteiger partial charge >= 0.3 is 5.97 Å². The SMILES string of the molecule is COC(=O)CCCNC(C)C(N)=O. The van der Waals surface area contributed by atoms with Gasteiger partial charge in [-0.25, -0.2) is 0 Å². The first-order valence-corrected chi connectivity index (χ1v) is 4.17. The second-order valence-corrected chi connectivity index (χ2v) is 2.76. The van der Waals surface area contributed by atoms with Crippen molar-refractivity contribution in [3.63, 3.8) is 0 Å². The van der Waals surface area contributed by atoms with Crippen LogP contribution in [0.3, 0.4) is 0 Å². The molecule has 0 saturated heterocycles. The number of primary amides is 1. The third-order valence-electron chi connectivity index (χ3n) is 1.66. The lowest BCUT2D eigenvalue weighted by Crippen LogP contribution is -2.39. The molecule has 5 nitrogen and oxygen atoms in total. The molecule has 0 aliphatic carbocycles. The fraction of sp³-hybridized carbons (Fsp3) is 0.750. The van der Waals surface area contributed by atoms with E-state index >= 15 is 0 Å². The first-order valence-electron chi connectivity index (χ1n) is 4.17. The lowest BCUT2D eigenvalue weighted by atomic mass is 10.2. The van der Waals surface area contributed by atoms with Gasteiger partial charge in [0.2, 0.25) is 5.91 Å². The zero-order valence-corrected chi connectivity index (χ0v) is 8.00. The molecule has 0 aromatic rings. The van der Waals surface area contributed by atoms with Crippen molar-refractivity contribution in [2.75, 3.05) is 13.7 Å². The second-order valence-electron chi connectivity index (χ2n) is 2.76. The van der Waals surface area contributed by atoms with E-state index in [9.17, 15) is 9.59 Å². The summed E-state index contributed by atoms with van der Waals surface area (Å²) in [5.74, 6) is -0.633. The highest BCUT2D eigenvalue weighted by molar-refractivity contribution is 5.79. The molecule has 0 bridgehead atoms. The minimum atomic E-state index is -0.391. The first kappa shape index (κ1) is 11.9. The van der Waals surface area contributed by atoms with Gasteiger partial charge in [0.05, 0.1) is 13.2 Å². The first-order chi connectivity index (χ1) is 6.07. The molecule has 0 rings (SSSR count). The van der Waals surface area contributed by atoms with E-state index in [-0.39, 0.29) is 12.0 Å². The van der Waals surface area contributed by atoms with Crippen molar-refractivity contribution in [2.45, 2.75) is 25.8 Å². The number of methoxy groups -OCH3 is 1. The van der Waals surface area contributed by atoms with Crippen LogP contribution in [0.15, 0.2) is 0 Å². The Bertz CT molecular complexity index is 182. The van der Waals surface area contributed by atoms with E-state index in [0.717, 1.165) is 0 Å². The van der Waals surface area contributed by atoms with E-state index in [4.69, 9.17) is 5.73 Å². The molecule has 0 heterocycles. The van der Waals surface area contributed by atoms with Crippen LogP contribution in [0, 0.1) is 0 Å². The van der Waals surface area contributed by atoms with Gasteiger partial charge in [-0.2, -0.15) is 0 Å². The van der Waals surface area contributed by atoms with Gasteiger partial charge in [-0.05, 0) is 19.9 Å². The summed E-state index contributed by atoms with van der Waals surface area (Å²) in [4.78, 5) is 21.2. The average molecular weight is 188 g/mol. The number of carbonyl (C=O) groups is 2. The van der Waals surface area contributed by atoms with E-state index in [0.29, 0.717) is 19.4 Å². The van der Waals surface area contributed by atoms with E-state index in [1.807, 2.05) is 0 Å². The fourth-order valence-corrected chi connectivity index (χ4v) is 0.754. The standard InChI is InChI=1S/C8H16N2O3/c1-6(8(9)12)10-5-3-4-7(11)13-2/h6,10H,3-5H2,1-2H3,(H2,9,12). The number of amides is 1. The largest absolute Gasteiger partial charge is 0.469 e. The number of rotatable bonds is 6. The third-order valence-corrected chi connectivity index (χ3v) is 1.66. The summed E-state index contributed by atoms with van der Waals surface area (Å²) in [5, 5.41) is 2.88. The quantitative estimate of drug-likeness (QED) is 0.431. The van der Waals surface area contributed by atoms with Gasteiger partial charge in [0.25, 0.3) is 0 Å². The molecule has 0 aromatic heterocycles. The molecule has 3 N–H and O–H groups in total. The van der Waals surface area contributed by atoms with Crippen LogP contribution >= 0.6 is 0 Å². The zero-order chi connectivity index (χ0) is 10.3. The number of ether oxygens (including phenoxy) is 1. The molecule has 5 heteroatoms. The molecule has 0 radical (unpaired) electrons. The van der Waals surface area contributed by atoms with Crippen LogP contribution in [-0.2, 0) is 14.3 Å². The molecule has 0 aliphatic heterocycles. The smallest absolute Gasteiger partial charge is 0.305 e. The maximum absolute atomic E-state index is 10.6. The maximum atomic E-state index is 10.6. The van der Waals surface area contributed by atoms with Crippen LogP contribution in [0.25, 0.3) is 0 Å². The topological polar surface area (TPSA) is 81.4 Å². The fourth-order valence-electron chi connectivity index (χ4n) is 0.754. The number of esters is 1. The highest BCUT2D eigenvalue weighted by Gasteiger charge is 2.06. The number of nitrogens with one attached hydrogen (secondary N) is 1. The molecular weight excluding hydrogens is 172 g/mol. The Kier molecular flexibility index (Phi) is 5.88. The van der Waals surface area contributed by atoms with Gasteiger partial charge in [-0.3, -0.25) is 9.59 Å². The number of hydrogen-bond acceptors (Lipinski definition) is 4. The van der Waals surface area contributed by atoms with E-state index in [1.165, 1.54) is 7.11 Å². The highest BCUT2D eigenvalue weighted by Crippen LogP contribution is 1.90. The Morgan fingerprint density at radius 3 is 2.62 bits per heavy atom. The molecule has 1 unspecified atom stereocenters. The van der Waals surface area contributed by atoms with Crippen LogP contribution in [0.5, 0.6) is 0 Å². The van der Waals surface area contributed by atoms with E-state index in [2.05, 4.69) is 10.1 Å². The van der Waals surface area contributed by atoms with Crippen LogP contribution in [-0.4, -0.2) is 31.6 Å². The molecular formula is C8H16N2O3. The van der Waals surface area contributed by atoms with Crippen molar-refractivity contribution >= 4 is 11.9 Å². The van der Waals surface area contributed by atoms with Crippen molar-refractivity contribution in [3.8, 4) is 0 Å². The molecule has 1 amide bonds. The summed E-state index contributed by atoms with van der Waals surface area (Å²) in [6.45, 7) is 2.26. The van der Waals surface area contributed by atoms with Gasteiger partial charge < -0.3 is 15.8 Å². The summed E-state index contributed by atoms with van der Waals surface area (Å²) in [7, 11) is 1.35. The van der Waals surface area contributed by atoms with Crippen molar-refractivity contribution in [3.05, 3.63) is 0 Å². The monoisotopic (exact) mass is 188 g/mol. The van der Waals surface area contributed by atoms with Gasteiger partial charge in [0, 0.05) is 6.42 Å². The van der Waals surface area contributed by atoms with Crippen LogP contribution in [0.1, 0.15) is 19.8 Å². The summed E-state index contributed by atoms with van der Waals surface area (Å²) in [5.41, 5.74) is 5.01. The molecule has 0 aliphatic rings. The third kappa shape index (κ3) is 6.10. The molecule has 0 spiro atoms. The molecule has 13 heavy (non-hydrogen) atoms. The molecule has 76 valence electrons. The van der Waals surface area contributed by atoms with Crippen molar-refractivity contribution in [1.29, 1.82) is 0 Å². The predicted octanol–water partition coefficient (Wildman–Crippen LogP) is -0.597. The average Bonchev–Trinajstić information content (AvgIpc) is 2.11. The Balaban J connectivity index is 3.35. The lowest BCUT2D eigenvalue weighted by molar-refractivity contribution is -0.140. The summed E-state index contributed by atoms with van der Waals surface area (Å²) in [6.07, 6.45) is 0.999. The van der Waals surface area contributed by atoms with E-state index < -0.39 is 5.91 Å². The maximum Gasteiger partial charge on any atom is 0.305 e. The van der Waals surface area contributed by atoms with Gasteiger partial charge in [-0.15, -0.1) is 0 Å². The normalized spacial score (nSPS) is 12.2. The highest BCUT2D eigenvalue weighted by atomic mass is 16.5. The predicted molar refractivity (Wildman–Crippen MR) is 47.9 cm³/mol. The van der Waals surface area contributed by atoms with Crippen LogP contribution in [0.4, 0.5) is 0 Å². The summed E-state index contributed by atoms with van der Waals surface area (Å²) in [6, 6.07) is -0.349. The van der Waals surface area contributed by atoms with Crippen molar-refractivity contribution < 1.29 is 14.3 Å². The second kappa shape index (κ2) is 6.42. The van der Waals surface area contributed by atoms with Crippen molar-refractivity contribution in [2.24, 2.45) is 5.73 Å². The lowest BCUT2D eigenvalue weighted by Gasteiger charge is -2.08. The van der Waals surface area contributed by atoms with Gasteiger partial charge in [-0.1, -0.05) is 0 Å². The summed E-state index contributed by atoms with van der Waals surface area (Å²) >= 11 is 0. The number of nitrogens with two attached hydrogens (primary N) is 1. The molecule has 0 fully saturated rings. The molecule has 0 aromatic carbocycles.